The lowest BCUT2D eigenvalue weighted by molar-refractivity contribution is -0.139. The van der Waals surface area contributed by atoms with Crippen molar-refractivity contribution in [1.82, 2.24) is 15.0 Å². The van der Waals surface area contributed by atoms with Crippen molar-refractivity contribution in [1.29, 1.82) is 0 Å². The first-order valence-corrected chi connectivity index (χ1v) is 10.3. The first-order valence-electron chi connectivity index (χ1n) is 9.37. The van der Waals surface area contributed by atoms with Crippen molar-refractivity contribution in [3.63, 3.8) is 0 Å². The van der Waals surface area contributed by atoms with Crippen LogP contribution in [0, 0.1) is 11.8 Å². The maximum atomic E-state index is 12.8. The number of aryl methyl sites for hydroxylation is 1. The van der Waals surface area contributed by atoms with E-state index in [2.05, 4.69) is 22.0 Å². The summed E-state index contributed by atoms with van der Waals surface area (Å²) in [6.45, 7) is 3.26. The Kier molecular flexibility index (Phi) is 4.88. The summed E-state index contributed by atoms with van der Waals surface area (Å²) in [6.07, 6.45) is 7.15. The first kappa shape index (κ1) is 16.8. The average molecular weight is 359 g/mol. The number of thiophene rings is 1. The number of rotatable bonds is 4. The van der Waals surface area contributed by atoms with Gasteiger partial charge in [-0.15, -0.1) is 0 Å². The zero-order chi connectivity index (χ0) is 17.2. The van der Waals surface area contributed by atoms with Gasteiger partial charge in [0.15, 0.2) is 0 Å². The molecule has 1 aliphatic heterocycles. The number of likely N-dealkylation sites (tertiary alicyclic amines) is 1. The molecule has 3 heterocycles. The van der Waals surface area contributed by atoms with E-state index >= 15 is 0 Å². The van der Waals surface area contributed by atoms with E-state index in [-0.39, 0.29) is 5.91 Å². The minimum Gasteiger partial charge on any atom is -0.339 e. The van der Waals surface area contributed by atoms with Gasteiger partial charge in [-0.25, -0.2) is 0 Å². The quantitative estimate of drug-likeness (QED) is 0.822. The number of carbonyl (C=O) groups excluding carboxylic acids is 1. The molecule has 3 atom stereocenters. The Morgan fingerprint density at radius 1 is 1.36 bits per heavy atom. The zero-order valence-electron chi connectivity index (χ0n) is 14.7. The largest absolute Gasteiger partial charge is 0.339 e. The van der Waals surface area contributed by atoms with Gasteiger partial charge in [0.25, 0.3) is 0 Å². The molecule has 0 spiro atoms. The van der Waals surface area contributed by atoms with E-state index in [1.165, 1.54) is 25.7 Å². The fraction of sp³-hybridized carbons (Fsp3) is 0.632. The molecule has 2 aromatic heterocycles. The van der Waals surface area contributed by atoms with Crippen molar-refractivity contribution < 1.29 is 9.32 Å². The molecule has 5 nitrogen and oxygen atoms in total. The topological polar surface area (TPSA) is 59.2 Å². The van der Waals surface area contributed by atoms with Crippen LogP contribution in [0.1, 0.15) is 51.3 Å². The van der Waals surface area contributed by atoms with Gasteiger partial charge in [-0.3, -0.25) is 4.79 Å². The van der Waals surface area contributed by atoms with Gasteiger partial charge in [0, 0.05) is 36.4 Å². The Bertz CT molecular complexity index is 712. The Balaban J connectivity index is 1.37. The van der Waals surface area contributed by atoms with E-state index in [0.717, 1.165) is 24.4 Å². The lowest BCUT2D eigenvalue weighted by Gasteiger charge is -2.47. The zero-order valence-corrected chi connectivity index (χ0v) is 15.5. The monoisotopic (exact) mass is 359 g/mol. The third-order valence-electron chi connectivity index (χ3n) is 5.86. The normalized spacial score (nSPS) is 26.4. The van der Waals surface area contributed by atoms with Gasteiger partial charge in [0.2, 0.25) is 17.6 Å². The summed E-state index contributed by atoms with van der Waals surface area (Å²) < 4.78 is 5.32. The van der Waals surface area contributed by atoms with Crippen LogP contribution in [0.2, 0.25) is 0 Å². The van der Waals surface area contributed by atoms with Crippen LogP contribution in [0.3, 0.4) is 0 Å². The fourth-order valence-corrected chi connectivity index (χ4v) is 5.08. The molecule has 1 aliphatic carbocycles. The van der Waals surface area contributed by atoms with Gasteiger partial charge in [0.1, 0.15) is 0 Å². The van der Waals surface area contributed by atoms with E-state index in [0.29, 0.717) is 36.5 Å². The second-order valence-electron chi connectivity index (χ2n) is 7.39. The molecule has 1 saturated heterocycles. The minimum atomic E-state index is 0.249. The highest BCUT2D eigenvalue weighted by atomic mass is 32.1. The standard InChI is InChI=1S/C19H25N3O2S/c1-13-8-10-22(16-5-3-2-4-15(13)16)18(23)7-6-17-20-19(21-24-17)14-9-11-25-12-14/h9,11-13,15-16H,2-8,10H2,1H3. The van der Waals surface area contributed by atoms with E-state index < -0.39 is 0 Å². The third kappa shape index (κ3) is 3.50. The molecule has 4 rings (SSSR count). The lowest BCUT2D eigenvalue weighted by atomic mass is 9.72. The number of amides is 1. The van der Waals surface area contributed by atoms with E-state index in [1.54, 1.807) is 11.3 Å². The summed E-state index contributed by atoms with van der Waals surface area (Å²) in [7, 11) is 0. The summed E-state index contributed by atoms with van der Waals surface area (Å²) in [5.41, 5.74) is 0.974. The Morgan fingerprint density at radius 3 is 3.08 bits per heavy atom. The Hall–Kier alpha value is -1.69. The molecule has 25 heavy (non-hydrogen) atoms. The maximum absolute atomic E-state index is 12.8. The molecule has 0 N–H and O–H groups in total. The van der Waals surface area contributed by atoms with Crippen LogP contribution in [0.5, 0.6) is 0 Å². The summed E-state index contributed by atoms with van der Waals surface area (Å²) in [4.78, 5) is 19.4. The van der Waals surface area contributed by atoms with Crippen molar-refractivity contribution >= 4 is 17.2 Å². The number of nitrogens with zero attached hydrogens (tertiary/aromatic N) is 3. The molecular weight excluding hydrogens is 334 g/mol. The maximum Gasteiger partial charge on any atom is 0.227 e. The number of carbonyl (C=O) groups is 1. The predicted molar refractivity (Wildman–Crippen MR) is 97.2 cm³/mol. The third-order valence-corrected chi connectivity index (χ3v) is 6.54. The molecule has 3 unspecified atom stereocenters. The van der Waals surface area contributed by atoms with Gasteiger partial charge in [-0.2, -0.15) is 16.3 Å². The molecule has 2 fully saturated rings. The van der Waals surface area contributed by atoms with Crippen molar-refractivity contribution in [3.05, 3.63) is 22.7 Å². The Morgan fingerprint density at radius 2 is 2.24 bits per heavy atom. The molecule has 1 amide bonds. The molecule has 6 heteroatoms. The highest BCUT2D eigenvalue weighted by molar-refractivity contribution is 7.08. The second-order valence-corrected chi connectivity index (χ2v) is 8.17. The molecule has 2 aliphatic rings. The van der Waals surface area contributed by atoms with Crippen LogP contribution in [0.4, 0.5) is 0 Å². The predicted octanol–water partition coefficient (Wildman–Crippen LogP) is 4.16. The molecular formula is C19H25N3O2S. The minimum absolute atomic E-state index is 0.249. The fourth-order valence-electron chi connectivity index (χ4n) is 4.45. The van der Waals surface area contributed by atoms with Crippen molar-refractivity contribution in [2.24, 2.45) is 11.8 Å². The van der Waals surface area contributed by atoms with Gasteiger partial charge < -0.3 is 9.42 Å². The van der Waals surface area contributed by atoms with Crippen LogP contribution < -0.4 is 0 Å². The number of hydrogen-bond donors (Lipinski definition) is 0. The smallest absolute Gasteiger partial charge is 0.227 e. The van der Waals surface area contributed by atoms with Crippen LogP contribution in [-0.4, -0.2) is 33.5 Å². The molecule has 134 valence electrons. The highest BCUT2D eigenvalue weighted by Crippen LogP contribution is 2.39. The average Bonchev–Trinajstić information content (AvgIpc) is 3.32. The second kappa shape index (κ2) is 7.28. The van der Waals surface area contributed by atoms with Crippen LogP contribution in [0.25, 0.3) is 11.4 Å². The lowest BCUT2D eigenvalue weighted by Crippen LogP contribution is -2.52. The van der Waals surface area contributed by atoms with E-state index in [9.17, 15) is 4.79 Å². The summed E-state index contributed by atoms with van der Waals surface area (Å²) in [6, 6.07) is 2.43. The molecule has 0 aromatic carbocycles. The first-order chi connectivity index (χ1) is 12.2. The van der Waals surface area contributed by atoms with Crippen molar-refractivity contribution in [2.45, 2.75) is 57.9 Å². The van der Waals surface area contributed by atoms with Crippen LogP contribution in [0.15, 0.2) is 21.3 Å². The van der Waals surface area contributed by atoms with Gasteiger partial charge in [0.05, 0.1) is 0 Å². The van der Waals surface area contributed by atoms with Crippen LogP contribution in [-0.2, 0) is 11.2 Å². The molecule has 2 aromatic rings. The molecule has 1 saturated carbocycles. The summed E-state index contributed by atoms with van der Waals surface area (Å²) >= 11 is 1.61. The highest BCUT2D eigenvalue weighted by Gasteiger charge is 2.39. The van der Waals surface area contributed by atoms with Crippen LogP contribution >= 0.6 is 11.3 Å². The van der Waals surface area contributed by atoms with Crippen molar-refractivity contribution in [2.75, 3.05) is 6.54 Å². The van der Waals surface area contributed by atoms with E-state index in [1.807, 2.05) is 16.8 Å². The number of piperidine rings is 1. The van der Waals surface area contributed by atoms with E-state index in [4.69, 9.17) is 4.52 Å². The van der Waals surface area contributed by atoms with Gasteiger partial charge in [-0.1, -0.05) is 24.9 Å². The Labute approximate surface area is 152 Å². The number of hydrogen-bond acceptors (Lipinski definition) is 5. The molecule has 0 radical (unpaired) electrons. The SMILES string of the molecule is CC1CCN(C(=O)CCc2nc(-c3ccsc3)no2)C2CCCCC12. The molecule has 0 bridgehead atoms. The summed E-state index contributed by atoms with van der Waals surface area (Å²) in [5.74, 6) is 2.86. The number of aromatic nitrogens is 2. The summed E-state index contributed by atoms with van der Waals surface area (Å²) in [5, 5.41) is 8.01. The van der Waals surface area contributed by atoms with Gasteiger partial charge in [-0.05, 0) is 42.5 Å². The van der Waals surface area contributed by atoms with Gasteiger partial charge >= 0.3 is 0 Å². The van der Waals surface area contributed by atoms with Crippen molar-refractivity contribution in [3.8, 4) is 11.4 Å². The number of fused-ring (bicyclic) bond motifs is 1.